The van der Waals surface area contributed by atoms with Gasteiger partial charge in [-0.25, -0.2) is 5.43 Å². The van der Waals surface area contributed by atoms with Crippen LogP contribution in [0.2, 0.25) is 5.02 Å². The Balaban J connectivity index is 2.29. The molecular formula is C16H19ClN2O. The topological polar surface area (TPSA) is 47.3 Å². The molecule has 0 fully saturated rings. The molecule has 0 saturated carbocycles. The number of ether oxygens (including phenoxy) is 1. The van der Waals surface area contributed by atoms with Gasteiger partial charge < -0.3 is 4.74 Å². The number of rotatable bonds is 5. The van der Waals surface area contributed by atoms with Gasteiger partial charge in [-0.15, -0.1) is 0 Å². The van der Waals surface area contributed by atoms with E-state index in [4.69, 9.17) is 22.2 Å². The van der Waals surface area contributed by atoms with Crippen molar-refractivity contribution in [3.8, 4) is 5.75 Å². The molecule has 0 radical (unpaired) electrons. The zero-order valence-corrected chi connectivity index (χ0v) is 12.4. The molecule has 3 nitrogen and oxygen atoms in total. The third-order valence-electron chi connectivity index (χ3n) is 3.22. The molecule has 0 heterocycles. The van der Waals surface area contributed by atoms with Crippen LogP contribution in [0.1, 0.15) is 29.7 Å². The second kappa shape index (κ2) is 6.75. The summed E-state index contributed by atoms with van der Waals surface area (Å²) in [7, 11) is 0. The van der Waals surface area contributed by atoms with E-state index in [1.807, 2.05) is 56.3 Å². The number of benzene rings is 2. The molecule has 20 heavy (non-hydrogen) atoms. The Labute approximate surface area is 124 Å². The summed E-state index contributed by atoms with van der Waals surface area (Å²) < 4.78 is 5.44. The van der Waals surface area contributed by atoms with Crippen molar-refractivity contribution in [3.63, 3.8) is 0 Å². The van der Waals surface area contributed by atoms with E-state index in [-0.39, 0.29) is 6.04 Å². The Morgan fingerprint density at radius 1 is 1.15 bits per heavy atom. The molecule has 0 amide bonds. The van der Waals surface area contributed by atoms with Gasteiger partial charge in [0.1, 0.15) is 5.75 Å². The highest BCUT2D eigenvalue weighted by molar-refractivity contribution is 6.31. The molecule has 2 aromatic rings. The monoisotopic (exact) mass is 290 g/mol. The first-order chi connectivity index (χ1) is 9.65. The number of aryl methyl sites for hydroxylation is 1. The fourth-order valence-corrected chi connectivity index (χ4v) is 2.29. The fourth-order valence-electron chi connectivity index (χ4n) is 2.10. The molecule has 3 N–H and O–H groups in total. The van der Waals surface area contributed by atoms with Gasteiger partial charge in [-0.2, -0.15) is 0 Å². The first-order valence-electron chi connectivity index (χ1n) is 6.60. The average molecular weight is 291 g/mol. The van der Waals surface area contributed by atoms with Gasteiger partial charge in [-0.05, 0) is 48.7 Å². The number of hydrogen-bond donors (Lipinski definition) is 2. The van der Waals surface area contributed by atoms with Crippen LogP contribution in [0.3, 0.4) is 0 Å². The Kier molecular flexibility index (Phi) is 5.01. The number of nitrogens with two attached hydrogens (primary N) is 1. The Morgan fingerprint density at radius 3 is 2.35 bits per heavy atom. The molecule has 106 valence electrons. The normalized spacial score (nSPS) is 12.2. The SMILES string of the molecule is CCOc1ccc(C(NN)c2ccc(C)c(Cl)c2)cc1. The Hall–Kier alpha value is -1.55. The highest BCUT2D eigenvalue weighted by Gasteiger charge is 2.13. The summed E-state index contributed by atoms with van der Waals surface area (Å²) in [6.45, 7) is 4.60. The minimum Gasteiger partial charge on any atom is -0.494 e. The van der Waals surface area contributed by atoms with Crippen LogP contribution in [-0.4, -0.2) is 6.61 Å². The van der Waals surface area contributed by atoms with Gasteiger partial charge in [0.2, 0.25) is 0 Å². The van der Waals surface area contributed by atoms with E-state index in [9.17, 15) is 0 Å². The number of halogens is 1. The van der Waals surface area contributed by atoms with Crippen LogP contribution >= 0.6 is 11.6 Å². The largest absolute Gasteiger partial charge is 0.494 e. The molecule has 0 aliphatic carbocycles. The van der Waals surface area contributed by atoms with Crippen LogP contribution in [0.4, 0.5) is 0 Å². The Bertz CT molecular complexity index is 569. The lowest BCUT2D eigenvalue weighted by molar-refractivity contribution is 0.340. The van der Waals surface area contributed by atoms with Gasteiger partial charge in [-0.3, -0.25) is 5.84 Å². The van der Waals surface area contributed by atoms with E-state index in [1.54, 1.807) is 0 Å². The number of nitrogens with one attached hydrogen (secondary N) is 1. The molecule has 0 aliphatic heterocycles. The molecule has 4 heteroatoms. The molecule has 2 aromatic carbocycles. The van der Waals surface area contributed by atoms with Crippen LogP contribution in [0.15, 0.2) is 42.5 Å². The lowest BCUT2D eigenvalue weighted by Gasteiger charge is -2.18. The van der Waals surface area contributed by atoms with Gasteiger partial charge in [0.15, 0.2) is 0 Å². The molecule has 1 unspecified atom stereocenters. The summed E-state index contributed by atoms with van der Waals surface area (Å²) in [6, 6.07) is 13.8. The smallest absolute Gasteiger partial charge is 0.119 e. The molecule has 0 aromatic heterocycles. The summed E-state index contributed by atoms with van der Waals surface area (Å²) in [5, 5.41) is 0.744. The van der Waals surface area contributed by atoms with Crippen molar-refractivity contribution < 1.29 is 4.74 Å². The molecule has 0 bridgehead atoms. The van der Waals surface area contributed by atoms with Crippen molar-refractivity contribution in [2.75, 3.05) is 6.61 Å². The zero-order chi connectivity index (χ0) is 14.5. The van der Waals surface area contributed by atoms with E-state index < -0.39 is 0 Å². The third kappa shape index (κ3) is 3.31. The maximum absolute atomic E-state index is 6.18. The first kappa shape index (κ1) is 14.9. The van der Waals surface area contributed by atoms with Crippen molar-refractivity contribution in [3.05, 3.63) is 64.2 Å². The van der Waals surface area contributed by atoms with Crippen molar-refractivity contribution in [1.82, 2.24) is 5.43 Å². The second-order valence-corrected chi connectivity index (χ2v) is 5.02. The molecular weight excluding hydrogens is 272 g/mol. The van der Waals surface area contributed by atoms with Crippen molar-refractivity contribution in [2.24, 2.45) is 5.84 Å². The summed E-state index contributed by atoms with van der Waals surface area (Å²) >= 11 is 6.18. The highest BCUT2D eigenvalue weighted by Crippen LogP contribution is 2.27. The number of hydrogen-bond acceptors (Lipinski definition) is 3. The number of hydrazine groups is 1. The van der Waals surface area contributed by atoms with Crippen LogP contribution in [0, 0.1) is 6.92 Å². The van der Waals surface area contributed by atoms with E-state index in [0.29, 0.717) is 6.61 Å². The van der Waals surface area contributed by atoms with E-state index >= 15 is 0 Å². The summed E-state index contributed by atoms with van der Waals surface area (Å²) in [5.74, 6) is 6.55. The molecule has 1 atom stereocenters. The zero-order valence-electron chi connectivity index (χ0n) is 11.7. The second-order valence-electron chi connectivity index (χ2n) is 4.61. The molecule has 0 saturated heterocycles. The van der Waals surface area contributed by atoms with Gasteiger partial charge in [0.05, 0.1) is 12.6 Å². The first-order valence-corrected chi connectivity index (χ1v) is 6.98. The molecule has 0 spiro atoms. The van der Waals surface area contributed by atoms with Gasteiger partial charge >= 0.3 is 0 Å². The van der Waals surface area contributed by atoms with E-state index in [1.165, 1.54) is 0 Å². The summed E-state index contributed by atoms with van der Waals surface area (Å²) in [6.07, 6.45) is 0. The van der Waals surface area contributed by atoms with Gasteiger partial charge in [0, 0.05) is 5.02 Å². The molecule has 2 rings (SSSR count). The summed E-state index contributed by atoms with van der Waals surface area (Å²) in [4.78, 5) is 0. The Morgan fingerprint density at radius 2 is 1.80 bits per heavy atom. The lowest BCUT2D eigenvalue weighted by Crippen LogP contribution is -2.28. The van der Waals surface area contributed by atoms with E-state index in [0.717, 1.165) is 27.5 Å². The molecule has 0 aliphatic rings. The van der Waals surface area contributed by atoms with Crippen LogP contribution in [0.5, 0.6) is 5.75 Å². The average Bonchev–Trinajstić information content (AvgIpc) is 2.46. The van der Waals surface area contributed by atoms with Crippen molar-refractivity contribution in [2.45, 2.75) is 19.9 Å². The minimum atomic E-state index is -0.0937. The predicted molar refractivity (Wildman–Crippen MR) is 83.0 cm³/mol. The van der Waals surface area contributed by atoms with Crippen LogP contribution < -0.4 is 16.0 Å². The maximum Gasteiger partial charge on any atom is 0.119 e. The van der Waals surface area contributed by atoms with Crippen molar-refractivity contribution >= 4 is 11.6 Å². The minimum absolute atomic E-state index is 0.0937. The van der Waals surface area contributed by atoms with E-state index in [2.05, 4.69) is 5.43 Å². The van der Waals surface area contributed by atoms with Crippen molar-refractivity contribution in [1.29, 1.82) is 0 Å². The standard InChI is InChI=1S/C16H19ClN2O/c1-3-20-14-8-6-12(7-9-14)16(19-18)13-5-4-11(2)15(17)10-13/h4-10,16,19H,3,18H2,1-2H3. The lowest BCUT2D eigenvalue weighted by atomic mass is 9.98. The quantitative estimate of drug-likeness (QED) is 0.653. The summed E-state index contributed by atoms with van der Waals surface area (Å²) in [5.41, 5.74) is 5.99. The maximum atomic E-state index is 6.18. The van der Waals surface area contributed by atoms with Gasteiger partial charge in [0.25, 0.3) is 0 Å². The predicted octanol–water partition coefficient (Wildman–Crippen LogP) is 3.60. The fraction of sp³-hybridized carbons (Fsp3) is 0.250. The third-order valence-corrected chi connectivity index (χ3v) is 3.63. The van der Waals surface area contributed by atoms with Gasteiger partial charge in [-0.1, -0.05) is 35.9 Å². The van der Waals surface area contributed by atoms with Crippen LogP contribution in [0.25, 0.3) is 0 Å². The highest BCUT2D eigenvalue weighted by atomic mass is 35.5. The van der Waals surface area contributed by atoms with Crippen LogP contribution in [-0.2, 0) is 0 Å².